The fraction of sp³-hybridized carbons (Fsp3) is 0.0769. The molecule has 5 rings (SSSR count). The van der Waals surface area contributed by atoms with E-state index >= 15 is 0 Å². The lowest BCUT2D eigenvalue weighted by Gasteiger charge is -2.13. The smallest absolute Gasteiger partial charge is 0.142 e. The van der Waals surface area contributed by atoms with Crippen LogP contribution in [-0.4, -0.2) is 21.6 Å². The van der Waals surface area contributed by atoms with Crippen molar-refractivity contribution in [1.82, 2.24) is 14.5 Å². The molecule has 0 saturated carbocycles. The minimum atomic E-state index is 0.525. The van der Waals surface area contributed by atoms with Crippen LogP contribution in [0.5, 0.6) is 5.75 Å². The predicted octanol–water partition coefficient (Wildman–Crippen LogP) is 7.18. The Hall–Kier alpha value is -3.72. The molecule has 1 N–H and O–H groups in total. The van der Waals surface area contributed by atoms with Crippen LogP contribution in [0.3, 0.4) is 0 Å². The molecule has 0 aliphatic carbocycles. The van der Waals surface area contributed by atoms with Crippen LogP contribution < -0.4 is 4.74 Å². The summed E-state index contributed by atoms with van der Waals surface area (Å²) in [5, 5.41) is 10.5. The molecule has 2 heterocycles. The predicted molar refractivity (Wildman–Crippen MR) is 132 cm³/mol. The SMILES string of the molecule is COc1cc(C#N)ccc1-c1nc2c(-c3ccc(Cl)cc3)n(-c3cc(Cl)ccc3C)cc2[nH]1. The van der Waals surface area contributed by atoms with Gasteiger partial charge in [-0.2, -0.15) is 5.26 Å². The normalized spacial score (nSPS) is 11.0. The molecule has 0 amide bonds. The monoisotopic (exact) mass is 472 g/mol. The maximum Gasteiger partial charge on any atom is 0.142 e. The number of benzene rings is 3. The number of aromatic amines is 1. The van der Waals surface area contributed by atoms with Gasteiger partial charge in [-0.25, -0.2) is 4.98 Å². The molecule has 2 aromatic heterocycles. The molecule has 162 valence electrons. The van der Waals surface area contributed by atoms with Crippen molar-refractivity contribution >= 4 is 34.2 Å². The summed E-state index contributed by atoms with van der Waals surface area (Å²) in [6, 6.07) is 20.9. The Morgan fingerprint density at radius 1 is 1.00 bits per heavy atom. The molecule has 0 atom stereocenters. The van der Waals surface area contributed by atoms with Crippen molar-refractivity contribution in [3.05, 3.63) is 88.0 Å². The van der Waals surface area contributed by atoms with Gasteiger partial charge >= 0.3 is 0 Å². The standard InChI is InChI=1S/C26H18Cl2N4O/c1-15-3-7-19(28)12-22(15)32-14-21-24(25(32)17-5-8-18(27)9-6-17)31-26(30-21)20-10-4-16(13-29)11-23(20)33-2/h3-12,14H,1-2H3,(H,30,31). The van der Waals surface area contributed by atoms with Crippen LogP contribution in [0.15, 0.2) is 66.9 Å². The number of nitrogens with one attached hydrogen (secondary N) is 1. The fourth-order valence-electron chi connectivity index (χ4n) is 3.97. The summed E-state index contributed by atoms with van der Waals surface area (Å²) in [5.74, 6) is 1.24. The molecule has 0 aliphatic rings. The molecular formula is C26H18Cl2N4O. The van der Waals surface area contributed by atoms with E-state index in [1.165, 1.54) is 0 Å². The zero-order valence-corrected chi connectivity index (χ0v) is 19.4. The quantitative estimate of drug-likeness (QED) is 0.301. The second kappa shape index (κ2) is 8.32. The molecular weight excluding hydrogens is 455 g/mol. The van der Waals surface area contributed by atoms with Crippen LogP contribution in [0, 0.1) is 18.3 Å². The van der Waals surface area contributed by atoms with Crippen LogP contribution in [-0.2, 0) is 0 Å². The molecule has 0 aliphatic heterocycles. The van der Waals surface area contributed by atoms with Gasteiger partial charge in [-0.15, -0.1) is 0 Å². The number of methoxy groups -OCH3 is 1. The minimum Gasteiger partial charge on any atom is -0.496 e. The van der Waals surface area contributed by atoms with E-state index in [-0.39, 0.29) is 0 Å². The third-order valence-corrected chi connectivity index (χ3v) is 6.08. The number of nitriles is 1. The molecule has 33 heavy (non-hydrogen) atoms. The van der Waals surface area contributed by atoms with E-state index in [9.17, 15) is 5.26 Å². The first kappa shape index (κ1) is 21.1. The number of fused-ring (bicyclic) bond motifs is 1. The number of imidazole rings is 1. The van der Waals surface area contributed by atoms with E-state index in [0.29, 0.717) is 27.2 Å². The number of halogens is 2. The van der Waals surface area contributed by atoms with Crippen molar-refractivity contribution in [2.24, 2.45) is 0 Å². The second-order valence-corrected chi connectivity index (χ2v) is 8.53. The van der Waals surface area contributed by atoms with Crippen molar-refractivity contribution in [2.75, 3.05) is 7.11 Å². The van der Waals surface area contributed by atoms with Crippen molar-refractivity contribution in [1.29, 1.82) is 5.26 Å². The van der Waals surface area contributed by atoms with Crippen LogP contribution in [0.1, 0.15) is 11.1 Å². The van der Waals surface area contributed by atoms with Gasteiger partial charge in [0.05, 0.1) is 41.2 Å². The fourth-order valence-corrected chi connectivity index (χ4v) is 4.26. The summed E-state index contributed by atoms with van der Waals surface area (Å²) in [4.78, 5) is 8.35. The number of nitrogens with zero attached hydrogens (tertiary/aromatic N) is 3. The van der Waals surface area contributed by atoms with Crippen LogP contribution in [0.4, 0.5) is 0 Å². The molecule has 0 saturated heterocycles. The summed E-state index contributed by atoms with van der Waals surface area (Å²) in [6.07, 6.45) is 2.02. The Kier molecular flexibility index (Phi) is 5.33. The molecule has 3 aromatic carbocycles. The lowest BCUT2D eigenvalue weighted by Crippen LogP contribution is -1.99. The first-order valence-corrected chi connectivity index (χ1v) is 11.0. The minimum absolute atomic E-state index is 0.525. The zero-order valence-electron chi connectivity index (χ0n) is 17.9. The topological polar surface area (TPSA) is 66.6 Å². The van der Waals surface area contributed by atoms with Crippen molar-refractivity contribution in [3.8, 4) is 40.2 Å². The van der Waals surface area contributed by atoms with Crippen molar-refractivity contribution in [3.63, 3.8) is 0 Å². The molecule has 0 bridgehead atoms. The van der Waals surface area contributed by atoms with E-state index in [1.807, 2.05) is 61.7 Å². The second-order valence-electron chi connectivity index (χ2n) is 7.66. The molecule has 0 radical (unpaired) electrons. The highest BCUT2D eigenvalue weighted by molar-refractivity contribution is 6.31. The van der Waals surface area contributed by atoms with Crippen LogP contribution in [0.2, 0.25) is 10.0 Å². The maximum absolute atomic E-state index is 9.21. The highest BCUT2D eigenvalue weighted by Crippen LogP contribution is 2.37. The lowest BCUT2D eigenvalue weighted by molar-refractivity contribution is 0.416. The van der Waals surface area contributed by atoms with Gasteiger partial charge in [-0.3, -0.25) is 0 Å². The first-order valence-electron chi connectivity index (χ1n) is 10.2. The van der Waals surface area contributed by atoms with Gasteiger partial charge in [0.2, 0.25) is 0 Å². The molecule has 0 spiro atoms. The molecule has 0 unspecified atom stereocenters. The van der Waals surface area contributed by atoms with E-state index in [2.05, 4.69) is 15.6 Å². The average Bonchev–Trinajstić information content (AvgIpc) is 3.39. The summed E-state index contributed by atoms with van der Waals surface area (Å²) in [7, 11) is 1.58. The van der Waals surface area contributed by atoms with Crippen LogP contribution in [0.25, 0.3) is 39.4 Å². The highest BCUT2D eigenvalue weighted by atomic mass is 35.5. The van der Waals surface area contributed by atoms with Gasteiger partial charge in [0.15, 0.2) is 0 Å². The first-order chi connectivity index (χ1) is 16.0. The maximum atomic E-state index is 9.21. The summed E-state index contributed by atoms with van der Waals surface area (Å²) in [6.45, 7) is 2.05. The number of aryl methyl sites for hydroxylation is 1. The molecule has 5 nitrogen and oxygen atoms in total. The number of hydrogen-bond acceptors (Lipinski definition) is 3. The van der Waals surface area contributed by atoms with Gasteiger partial charge in [-0.05, 0) is 55.0 Å². The Morgan fingerprint density at radius 3 is 2.48 bits per heavy atom. The highest BCUT2D eigenvalue weighted by Gasteiger charge is 2.20. The van der Waals surface area contributed by atoms with E-state index in [0.717, 1.165) is 39.1 Å². The van der Waals surface area contributed by atoms with Crippen molar-refractivity contribution in [2.45, 2.75) is 6.92 Å². The average molecular weight is 473 g/mol. The zero-order chi connectivity index (χ0) is 23.1. The van der Waals surface area contributed by atoms with Gasteiger partial charge in [-0.1, -0.05) is 41.4 Å². The van der Waals surface area contributed by atoms with Gasteiger partial charge < -0.3 is 14.3 Å². The largest absolute Gasteiger partial charge is 0.496 e. The number of H-pyrrole nitrogens is 1. The van der Waals surface area contributed by atoms with E-state index in [4.69, 9.17) is 32.9 Å². The van der Waals surface area contributed by atoms with Gasteiger partial charge in [0.25, 0.3) is 0 Å². The summed E-state index contributed by atoms with van der Waals surface area (Å²) < 4.78 is 7.61. The number of aromatic nitrogens is 3. The molecule has 7 heteroatoms. The third kappa shape index (κ3) is 3.74. The molecule has 0 fully saturated rings. The van der Waals surface area contributed by atoms with Gasteiger partial charge in [0.1, 0.15) is 17.1 Å². The Labute approximate surface area is 200 Å². The number of rotatable bonds is 4. The molecule has 5 aromatic rings. The Morgan fingerprint density at radius 2 is 1.76 bits per heavy atom. The summed E-state index contributed by atoms with van der Waals surface area (Å²) in [5.41, 5.74) is 6.91. The third-order valence-electron chi connectivity index (χ3n) is 5.59. The van der Waals surface area contributed by atoms with E-state index < -0.39 is 0 Å². The van der Waals surface area contributed by atoms with Crippen LogP contribution >= 0.6 is 23.2 Å². The lowest BCUT2D eigenvalue weighted by atomic mass is 10.1. The van der Waals surface area contributed by atoms with Gasteiger partial charge in [0, 0.05) is 21.8 Å². The number of ether oxygens (including phenoxy) is 1. The van der Waals surface area contributed by atoms with E-state index in [1.54, 1.807) is 19.2 Å². The Balaban J connectivity index is 1.76. The number of hydrogen-bond donors (Lipinski definition) is 1. The van der Waals surface area contributed by atoms with Crippen molar-refractivity contribution < 1.29 is 4.74 Å². The summed E-state index contributed by atoms with van der Waals surface area (Å²) >= 11 is 12.5. The Bertz CT molecular complexity index is 1540.